The number of H-pyrrole nitrogens is 1. The number of carbonyl (C=O) groups is 2. The molecule has 0 bridgehead atoms. The van der Waals surface area contributed by atoms with Crippen molar-refractivity contribution in [3.63, 3.8) is 0 Å². The lowest BCUT2D eigenvalue weighted by molar-refractivity contribution is -0.120. The van der Waals surface area contributed by atoms with Crippen molar-refractivity contribution in [3.8, 4) is 0 Å². The van der Waals surface area contributed by atoms with Crippen molar-refractivity contribution in [2.24, 2.45) is 0 Å². The van der Waals surface area contributed by atoms with Gasteiger partial charge in [0.25, 0.3) is 0 Å². The normalized spacial score (nSPS) is 17.1. The summed E-state index contributed by atoms with van der Waals surface area (Å²) in [6.07, 6.45) is 0.760. The maximum atomic E-state index is 12.7. The van der Waals surface area contributed by atoms with Crippen molar-refractivity contribution < 1.29 is 9.59 Å². The molecule has 3 aromatic rings. The zero-order chi connectivity index (χ0) is 18.3. The number of nitrogens with one attached hydrogen (secondary N) is 2. The van der Waals surface area contributed by atoms with Gasteiger partial charge in [-0.1, -0.05) is 23.2 Å². The summed E-state index contributed by atoms with van der Waals surface area (Å²) in [6.45, 7) is 0. The van der Waals surface area contributed by atoms with Gasteiger partial charge in [-0.05, 0) is 48.9 Å². The SMILES string of the molecule is O=C(Nc1nc2ccc(Cl)cc2[nH]1)C1CCC(=O)N1c1ccc(Cl)cc1. The van der Waals surface area contributed by atoms with Crippen molar-refractivity contribution in [1.82, 2.24) is 9.97 Å². The number of hydrogen-bond acceptors (Lipinski definition) is 3. The van der Waals surface area contributed by atoms with E-state index < -0.39 is 6.04 Å². The first-order valence-electron chi connectivity index (χ1n) is 8.05. The van der Waals surface area contributed by atoms with Crippen LogP contribution in [0.15, 0.2) is 42.5 Å². The van der Waals surface area contributed by atoms with Gasteiger partial charge in [0, 0.05) is 22.2 Å². The topological polar surface area (TPSA) is 78.1 Å². The van der Waals surface area contributed by atoms with Crippen LogP contribution in [0.5, 0.6) is 0 Å². The summed E-state index contributed by atoms with van der Waals surface area (Å²) in [5.74, 6) is -0.0671. The second-order valence-electron chi connectivity index (χ2n) is 6.03. The van der Waals surface area contributed by atoms with Gasteiger partial charge >= 0.3 is 0 Å². The highest BCUT2D eigenvalue weighted by atomic mass is 35.5. The highest BCUT2D eigenvalue weighted by Crippen LogP contribution is 2.28. The number of carbonyl (C=O) groups excluding carboxylic acids is 2. The number of nitrogens with zero attached hydrogens (tertiary/aromatic N) is 2. The van der Waals surface area contributed by atoms with Gasteiger partial charge in [-0.15, -0.1) is 0 Å². The van der Waals surface area contributed by atoms with Gasteiger partial charge in [-0.25, -0.2) is 4.98 Å². The summed E-state index contributed by atoms with van der Waals surface area (Å²) >= 11 is 11.9. The average molecular weight is 389 g/mol. The summed E-state index contributed by atoms with van der Waals surface area (Å²) in [6, 6.07) is 11.5. The van der Waals surface area contributed by atoms with Gasteiger partial charge in [0.05, 0.1) is 11.0 Å². The number of aromatic nitrogens is 2. The Labute approximate surface area is 159 Å². The third-order valence-corrected chi connectivity index (χ3v) is 4.79. The monoisotopic (exact) mass is 388 g/mol. The maximum Gasteiger partial charge on any atom is 0.249 e. The minimum atomic E-state index is -0.597. The molecular formula is C18H14Cl2N4O2. The fraction of sp³-hybridized carbons (Fsp3) is 0.167. The molecule has 2 heterocycles. The molecule has 132 valence electrons. The lowest BCUT2D eigenvalue weighted by Crippen LogP contribution is -2.41. The van der Waals surface area contributed by atoms with Gasteiger partial charge in [0.1, 0.15) is 6.04 Å². The van der Waals surface area contributed by atoms with E-state index in [0.29, 0.717) is 40.0 Å². The van der Waals surface area contributed by atoms with Gasteiger partial charge in [-0.2, -0.15) is 0 Å². The van der Waals surface area contributed by atoms with Gasteiger partial charge in [-0.3, -0.25) is 19.8 Å². The van der Waals surface area contributed by atoms with E-state index >= 15 is 0 Å². The molecular weight excluding hydrogens is 375 g/mol. The van der Waals surface area contributed by atoms with Crippen LogP contribution in [0.3, 0.4) is 0 Å². The number of amides is 2. The number of fused-ring (bicyclic) bond motifs is 1. The van der Waals surface area contributed by atoms with E-state index in [2.05, 4.69) is 15.3 Å². The largest absolute Gasteiger partial charge is 0.324 e. The Morgan fingerprint density at radius 3 is 2.65 bits per heavy atom. The van der Waals surface area contributed by atoms with E-state index in [0.717, 1.165) is 5.52 Å². The van der Waals surface area contributed by atoms with Crippen LogP contribution in [-0.4, -0.2) is 27.8 Å². The van der Waals surface area contributed by atoms with E-state index in [4.69, 9.17) is 23.2 Å². The molecule has 2 N–H and O–H groups in total. The number of anilines is 2. The zero-order valence-corrected chi connectivity index (χ0v) is 15.0. The molecule has 1 unspecified atom stereocenters. The Hall–Kier alpha value is -2.57. The molecule has 2 amide bonds. The van der Waals surface area contributed by atoms with E-state index in [1.807, 2.05) is 0 Å². The molecule has 0 radical (unpaired) electrons. The van der Waals surface area contributed by atoms with Crippen LogP contribution in [0.2, 0.25) is 10.0 Å². The Balaban J connectivity index is 1.57. The second kappa shape index (κ2) is 6.63. The molecule has 1 aliphatic rings. The first kappa shape index (κ1) is 16.9. The van der Waals surface area contributed by atoms with Crippen LogP contribution in [0.4, 0.5) is 11.6 Å². The third-order valence-electron chi connectivity index (χ3n) is 4.30. The lowest BCUT2D eigenvalue weighted by Gasteiger charge is -2.23. The Bertz CT molecular complexity index is 1000. The minimum Gasteiger partial charge on any atom is -0.324 e. The number of imidazole rings is 1. The number of halogens is 2. The van der Waals surface area contributed by atoms with Crippen LogP contribution in [0.25, 0.3) is 11.0 Å². The molecule has 2 aromatic carbocycles. The fourth-order valence-corrected chi connectivity index (χ4v) is 3.40. The maximum absolute atomic E-state index is 12.7. The summed E-state index contributed by atoms with van der Waals surface area (Å²) < 4.78 is 0. The summed E-state index contributed by atoms with van der Waals surface area (Å²) in [7, 11) is 0. The van der Waals surface area contributed by atoms with Crippen LogP contribution in [0.1, 0.15) is 12.8 Å². The molecule has 0 spiro atoms. The summed E-state index contributed by atoms with van der Waals surface area (Å²) in [5.41, 5.74) is 2.07. The molecule has 1 atom stereocenters. The molecule has 1 aromatic heterocycles. The molecule has 0 saturated carbocycles. The fourth-order valence-electron chi connectivity index (χ4n) is 3.10. The van der Waals surface area contributed by atoms with Crippen molar-refractivity contribution >= 4 is 57.7 Å². The minimum absolute atomic E-state index is 0.0936. The standard InChI is InChI=1S/C18H14Cl2N4O2/c19-10-1-4-12(5-2-10)24-15(7-8-16(24)25)17(26)23-18-21-13-6-3-11(20)9-14(13)22-18/h1-6,9,15H,7-8H2,(H2,21,22,23,26). The van der Waals surface area contributed by atoms with Crippen molar-refractivity contribution in [1.29, 1.82) is 0 Å². The molecule has 6 nitrogen and oxygen atoms in total. The van der Waals surface area contributed by atoms with E-state index in [-0.39, 0.29) is 11.8 Å². The number of aromatic amines is 1. The first-order valence-corrected chi connectivity index (χ1v) is 8.80. The van der Waals surface area contributed by atoms with Crippen LogP contribution < -0.4 is 10.2 Å². The van der Waals surface area contributed by atoms with Gasteiger partial charge in [0.15, 0.2) is 0 Å². The van der Waals surface area contributed by atoms with Crippen LogP contribution in [-0.2, 0) is 9.59 Å². The van der Waals surface area contributed by atoms with Gasteiger partial charge < -0.3 is 4.98 Å². The Morgan fingerprint density at radius 2 is 1.88 bits per heavy atom. The van der Waals surface area contributed by atoms with Crippen molar-refractivity contribution in [2.45, 2.75) is 18.9 Å². The van der Waals surface area contributed by atoms with Crippen molar-refractivity contribution in [3.05, 3.63) is 52.5 Å². The number of rotatable bonds is 3. The van der Waals surface area contributed by atoms with Crippen molar-refractivity contribution in [2.75, 3.05) is 10.2 Å². The summed E-state index contributed by atoms with van der Waals surface area (Å²) in [5, 5.41) is 3.91. The van der Waals surface area contributed by atoms with Crippen LogP contribution >= 0.6 is 23.2 Å². The smallest absolute Gasteiger partial charge is 0.249 e. The Morgan fingerprint density at radius 1 is 1.15 bits per heavy atom. The predicted octanol–water partition coefficient (Wildman–Crippen LogP) is 4.00. The molecule has 8 heteroatoms. The van der Waals surface area contributed by atoms with Crippen LogP contribution in [0, 0.1) is 0 Å². The molecule has 0 aliphatic carbocycles. The van der Waals surface area contributed by atoms with E-state index in [1.54, 1.807) is 42.5 Å². The van der Waals surface area contributed by atoms with Gasteiger partial charge in [0.2, 0.25) is 17.8 Å². The zero-order valence-electron chi connectivity index (χ0n) is 13.5. The molecule has 4 rings (SSSR count). The lowest BCUT2D eigenvalue weighted by atomic mass is 10.2. The number of benzene rings is 2. The molecule has 1 aliphatic heterocycles. The molecule has 1 fully saturated rings. The van der Waals surface area contributed by atoms with E-state index in [9.17, 15) is 9.59 Å². The second-order valence-corrected chi connectivity index (χ2v) is 6.90. The predicted molar refractivity (Wildman–Crippen MR) is 102 cm³/mol. The average Bonchev–Trinajstić information content (AvgIpc) is 3.18. The van der Waals surface area contributed by atoms with E-state index in [1.165, 1.54) is 4.90 Å². The summed E-state index contributed by atoms with van der Waals surface area (Å²) in [4.78, 5) is 33.9. The molecule has 26 heavy (non-hydrogen) atoms. The first-order chi connectivity index (χ1) is 12.5. The third kappa shape index (κ3) is 3.13. The number of hydrogen-bond donors (Lipinski definition) is 2. The highest BCUT2D eigenvalue weighted by Gasteiger charge is 2.37. The quantitative estimate of drug-likeness (QED) is 0.711. The Kier molecular flexibility index (Phi) is 4.30. The molecule has 1 saturated heterocycles. The highest BCUT2D eigenvalue weighted by molar-refractivity contribution is 6.31.